The quantitative estimate of drug-likeness (QED) is 0.746. The molecule has 5 nitrogen and oxygen atoms in total. The van der Waals surface area contributed by atoms with Crippen LogP contribution in [0.2, 0.25) is 0 Å². The SMILES string of the molecule is CC(C)(C)S(=O)(=O)NCC1(C(=O)O)CC1. The summed E-state index contributed by atoms with van der Waals surface area (Å²) in [6.07, 6.45) is 1.10. The van der Waals surface area contributed by atoms with Crippen molar-refractivity contribution in [3.8, 4) is 0 Å². The Morgan fingerprint density at radius 2 is 1.87 bits per heavy atom. The van der Waals surface area contributed by atoms with Gasteiger partial charge in [-0.3, -0.25) is 4.79 Å². The van der Waals surface area contributed by atoms with E-state index in [4.69, 9.17) is 5.11 Å². The smallest absolute Gasteiger partial charge is 0.310 e. The van der Waals surface area contributed by atoms with Gasteiger partial charge >= 0.3 is 5.97 Å². The predicted octanol–water partition coefficient (Wildman–Crippen LogP) is 0.569. The van der Waals surface area contributed by atoms with Gasteiger partial charge in [0.15, 0.2) is 0 Å². The minimum absolute atomic E-state index is 0.00192. The number of carboxylic acid groups (broad SMARTS) is 1. The van der Waals surface area contributed by atoms with E-state index < -0.39 is 26.2 Å². The summed E-state index contributed by atoms with van der Waals surface area (Å²) in [7, 11) is -3.44. The van der Waals surface area contributed by atoms with Crippen LogP contribution in [0.1, 0.15) is 33.6 Å². The highest BCUT2D eigenvalue weighted by Gasteiger charge is 2.51. The molecule has 0 aromatic heterocycles. The topological polar surface area (TPSA) is 83.5 Å². The lowest BCUT2D eigenvalue weighted by Crippen LogP contribution is -2.43. The van der Waals surface area contributed by atoms with Gasteiger partial charge < -0.3 is 5.11 Å². The Balaban J connectivity index is 2.63. The average molecular weight is 235 g/mol. The highest BCUT2D eigenvalue weighted by Crippen LogP contribution is 2.45. The molecule has 88 valence electrons. The van der Waals surface area contributed by atoms with Crippen LogP contribution in [0.15, 0.2) is 0 Å². The number of hydrogen-bond donors (Lipinski definition) is 2. The summed E-state index contributed by atoms with van der Waals surface area (Å²) < 4.78 is 24.8. The van der Waals surface area contributed by atoms with Crippen molar-refractivity contribution in [1.29, 1.82) is 0 Å². The van der Waals surface area contributed by atoms with Crippen LogP contribution >= 0.6 is 0 Å². The molecule has 0 spiro atoms. The molecule has 0 aromatic rings. The number of nitrogens with one attached hydrogen (secondary N) is 1. The van der Waals surface area contributed by atoms with Crippen LogP contribution in [-0.2, 0) is 14.8 Å². The van der Waals surface area contributed by atoms with Crippen molar-refractivity contribution < 1.29 is 18.3 Å². The van der Waals surface area contributed by atoms with Crippen molar-refractivity contribution in [2.24, 2.45) is 5.41 Å². The minimum atomic E-state index is -3.44. The van der Waals surface area contributed by atoms with Crippen molar-refractivity contribution in [3.63, 3.8) is 0 Å². The molecule has 0 radical (unpaired) electrons. The Morgan fingerprint density at radius 3 is 2.13 bits per heavy atom. The first-order valence-corrected chi connectivity index (χ1v) is 6.32. The van der Waals surface area contributed by atoms with Gasteiger partial charge in [-0.05, 0) is 33.6 Å². The summed E-state index contributed by atoms with van der Waals surface area (Å²) in [4.78, 5) is 10.8. The van der Waals surface area contributed by atoms with Crippen LogP contribution in [0.5, 0.6) is 0 Å². The molecule has 0 aromatic carbocycles. The Labute approximate surface area is 89.9 Å². The van der Waals surface area contributed by atoms with Gasteiger partial charge in [0.1, 0.15) is 0 Å². The van der Waals surface area contributed by atoms with E-state index in [1.54, 1.807) is 20.8 Å². The van der Waals surface area contributed by atoms with Crippen LogP contribution in [-0.4, -0.2) is 30.8 Å². The fourth-order valence-electron chi connectivity index (χ4n) is 1.07. The minimum Gasteiger partial charge on any atom is -0.481 e. The van der Waals surface area contributed by atoms with Gasteiger partial charge in [-0.1, -0.05) is 0 Å². The zero-order valence-electron chi connectivity index (χ0n) is 9.20. The molecular formula is C9H17NO4S. The molecule has 0 bridgehead atoms. The number of hydrogen-bond acceptors (Lipinski definition) is 3. The number of aliphatic carboxylic acids is 1. The molecule has 0 amide bonds. The lowest BCUT2D eigenvalue weighted by Gasteiger charge is -2.21. The van der Waals surface area contributed by atoms with Crippen molar-refractivity contribution in [3.05, 3.63) is 0 Å². The van der Waals surface area contributed by atoms with Crippen LogP contribution < -0.4 is 4.72 Å². The summed E-state index contributed by atoms with van der Waals surface area (Å²) in [5.41, 5.74) is -0.849. The first-order chi connectivity index (χ1) is 6.61. The second-order valence-corrected chi connectivity index (χ2v) is 7.54. The van der Waals surface area contributed by atoms with Gasteiger partial charge in [0, 0.05) is 6.54 Å². The predicted molar refractivity (Wildman–Crippen MR) is 56.0 cm³/mol. The van der Waals surface area contributed by atoms with Gasteiger partial charge in [-0.2, -0.15) is 0 Å². The molecule has 15 heavy (non-hydrogen) atoms. The largest absolute Gasteiger partial charge is 0.481 e. The number of sulfonamides is 1. The summed E-state index contributed by atoms with van der Waals surface area (Å²) >= 11 is 0. The van der Waals surface area contributed by atoms with Crippen molar-refractivity contribution in [2.75, 3.05) is 6.54 Å². The second-order valence-electron chi connectivity index (χ2n) is 5.02. The lowest BCUT2D eigenvalue weighted by molar-refractivity contribution is -0.143. The van der Waals surface area contributed by atoms with Gasteiger partial charge in [0.2, 0.25) is 10.0 Å². The van der Waals surface area contributed by atoms with Gasteiger partial charge in [-0.25, -0.2) is 13.1 Å². The number of rotatable bonds is 4. The first kappa shape index (κ1) is 12.4. The van der Waals surface area contributed by atoms with Crippen molar-refractivity contribution in [1.82, 2.24) is 4.72 Å². The zero-order valence-corrected chi connectivity index (χ0v) is 10.0. The number of carbonyl (C=O) groups is 1. The standard InChI is InChI=1S/C9H17NO4S/c1-8(2,3)15(13,14)10-6-9(4-5-9)7(11)12/h10H,4-6H2,1-3H3,(H,11,12). The molecule has 1 rings (SSSR count). The van der Waals surface area contributed by atoms with Crippen molar-refractivity contribution >= 4 is 16.0 Å². The zero-order chi connectivity index (χ0) is 11.9. The summed E-state index contributed by atoms with van der Waals surface area (Å²) in [5.74, 6) is -0.917. The molecule has 6 heteroatoms. The maximum Gasteiger partial charge on any atom is 0.310 e. The molecule has 0 aliphatic heterocycles. The van der Waals surface area contributed by atoms with Crippen LogP contribution in [0.25, 0.3) is 0 Å². The lowest BCUT2D eigenvalue weighted by atomic mass is 10.1. The van der Waals surface area contributed by atoms with E-state index in [2.05, 4.69) is 4.72 Å². The maximum atomic E-state index is 11.6. The third-order valence-electron chi connectivity index (χ3n) is 2.71. The fraction of sp³-hybridized carbons (Fsp3) is 0.889. The Kier molecular flexibility index (Phi) is 2.86. The molecule has 1 fully saturated rings. The van der Waals surface area contributed by atoms with E-state index in [1.807, 2.05) is 0 Å². The van der Waals surface area contributed by atoms with E-state index >= 15 is 0 Å². The summed E-state index contributed by atoms with van der Waals surface area (Å²) in [6, 6.07) is 0. The third-order valence-corrected chi connectivity index (χ3v) is 4.85. The van der Waals surface area contributed by atoms with Gasteiger partial charge in [0.25, 0.3) is 0 Å². The van der Waals surface area contributed by atoms with E-state index in [9.17, 15) is 13.2 Å². The Bertz CT molecular complexity index is 362. The molecular weight excluding hydrogens is 218 g/mol. The fourth-order valence-corrected chi connectivity index (χ4v) is 1.97. The van der Waals surface area contributed by atoms with E-state index in [1.165, 1.54) is 0 Å². The molecule has 1 saturated carbocycles. The number of carboxylic acids is 1. The Hall–Kier alpha value is -0.620. The van der Waals surface area contributed by atoms with Crippen LogP contribution in [0, 0.1) is 5.41 Å². The highest BCUT2D eigenvalue weighted by atomic mass is 32.2. The molecule has 0 saturated heterocycles. The third kappa shape index (κ3) is 2.49. The van der Waals surface area contributed by atoms with Gasteiger partial charge in [0.05, 0.1) is 10.2 Å². The van der Waals surface area contributed by atoms with E-state index in [-0.39, 0.29) is 6.54 Å². The monoisotopic (exact) mass is 235 g/mol. The molecule has 1 aliphatic rings. The molecule has 2 N–H and O–H groups in total. The Morgan fingerprint density at radius 1 is 1.40 bits per heavy atom. The average Bonchev–Trinajstić information content (AvgIpc) is 2.79. The first-order valence-electron chi connectivity index (χ1n) is 4.83. The maximum absolute atomic E-state index is 11.6. The summed E-state index contributed by atoms with van der Waals surface area (Å²) in [5, 5.41) is 8.87. The van der Waals surface area contributed by atoms with E-state index in [0.717, 1.165) is 0 Å². The van der Waals surface area contributed by atoms with Crippen molar-refractivity contribution in [2.45, 2.75) is 38.4 Å². The van der Waals surface area contributed by atoms with Gasteiger partial charge in [-0.15, -0.1) is 0 Å². The highest BCUT2D eigenvalue weighted by molar-refractivity contribution is 7.90. The van der Waals surface area contributed by atoms with E-state index in [0.29, 0.717) is 12.8 Å². The molecule has 0 atom stereocenters. The summed E-state index contributed by atoms with van der Waals surface area (Å²) in [6.45, 7) is 4.74. The molecule has 0 unspecified atom stereocenters. The van der Waals surface area contributed by atoms with Crippen LogP contribution in [0.3, 0.4) is 0 Å². The molecule has 0 heterocycles. The molecule has 1 aliphatic carbocycles. The van der Waals surface area contributed by atoms with Crippen LogP contribution in [0.4, 0.5) is 0 Å². The second kappa shape index (κ2) is 3.45. The normalized spacial score (nSPS) is 19.9.